The zero-order valence-electron chi connectivity index (χ0n) is 14.8. The molecule has 0 radical (unpaired) electrons. The second-order valence-electron chi connectivity index (χ2n) is 6.38. The highest BCUT2D eigenvalue weighted by Gasteiger charge is 2.10. The number of hydrogen-bond donors (Lipinski definition) is 1. The van der Waals surface area contributed by atoms with Crippen molar-refractivity contribution < 1.29 is 13.2 Å². The molecule has 0 aromatic heterocycles. The van der Waals surface area contributed by atoms with E-state index in [1.54, 1.807) is 24.3 Å². The highest BCUT2D eigenvalue weighted by atomic mass is 32.2. The van der Waals surface area contributed by atoms with Crippen LogP contribution in [0.5, 0.6) is 0 Å². The minimum absolute atomic E-state index is 0.0689. The fourth-order valence-corrected chi connectivity index (χ4v) is 3.43. The quantitative estimate of drug-likeness (QED) is 0.718. The lowest BCUT2D eigenvalue weighted by Gasteiger charge is -2.08. The number of benzene rings is 2. The second kappa shape index (κ2) is 8.81. The van der Waals surface area contributed by atoms with Crippen LogP contribution in [0.4, 0.5) is 5.69 Å². The maximum absolute atomic E-state index is 12.4. The summed E-state index contributed by atoms with van der Waals surface area (Å²) in [4.78, 5) is 12.4. The van der Waals surface area contributed by atoms with Crippen LogP contribution in [0, 0.1) is 0 Å². The predicted molar refractivity (Wildman–Crippen MR) is 103 cm³/mol. The molecule has 0 aliphatic rings. The first-order chi connectivity index (χ1) is 11.9. The summed E-state index contributed by atoms with van der Waals surface area (Å²) in [7, 11) is -3.12. The van der Waals surface area contributed by atoms with E-state index < -0.39 is 9.84 Å². The number of amides is 1. The number of sulfone groups is 1. The minimum Gasteiger partial charge on any atom is -0.322 e. The summed E-state index contributed by atoms with van der Waals surface area (Å²) in [6.45, 7) is 2.18. The first-order valence-corrected chi connectivity index (χ1v) is 10.6. The van der Waals surface area contributed by atoms with E-state index in [-0.39, 0.29) is 11.7 Å². The van der Waals surface area contributed by atoms with Gasteiger partial charge in [0, 0.05) is 17.5 Å². The van der Waals surface area contributed by atoms with E-state index in [0.29, 0.717) is 11.1 Å². The van der Waals surface area contributed by atoms with Crippen molar-refractivity contribution in [2.45, 2.75) is 38.4 Å². The molecule has 2 aromatic rings. The number of rotatable bonds is 8. The van der Waals surface area contributed by atoms with E-state index in [4.69, 9.17) is 0 Å². The maximum atomic E-state index is 12.4. The van der Waals surface area contributed by atoms with Crippen molar-refractivity contribution in [3.8, 4) is 0 Å². The van der Waals surface area contributed by atoms with E-state index in [1.807, 2.05) is 24.3 Å². The van der Waals surface area contributed by atoms with Crippen molar-refractivity contribution in [3.05, 3.63) is 65.2 Å². The SMILES string of the molecule is CCCCCc1ccc(NC(=O)c2cccc(CS(C)(=O)=O)c2)cc1. The summed E-state index contributed by atoms with van der Waals surface area (Å²) >= 11 is 0. The predicted octanol–water partition coefficient (Wildman–Crippen LogP) is 4.22. The molecule has 4 nitrogen and oxygen atoms in total. The Morgan fingerprint density at radius 2 is 1.72 bits per heavy atom. The summed E-state index contributed by atoms with van der Waals surface area (Å²) in [6.07, 6.45) is 5.83. The molecule has 25 heavy (non-hydrogen) atoms. The highest BCUT2D eigenvalue weighted by molar-refractivity contribution is 7.89. The summed E-state index contributed by atoms with van der Waals surface area (Å²) in [5, 5.41) is 2.85. The number of hydrogen-bond acceptors (Lipinski definition) is 3. The van der Waals surface area contributed by atoms with Crippen molar-refractivity contribution in [2.24, 2.45) is 0 Å². The van der Waals surface area contributed by atoms with Crippen LogP contribution in [-0.2, 0) is 22.0 Å². The van der Waals surface area contributed by atoms with Crippen LogP contribution in [0.25, 0.3) is 0 Å². The lowest BCUT2D eigenvalue weighted by atomic mass is 10.1. The Labute approximate surface area is 150 Å². The third kappa shape index (κ3) is 6.70. The third-order valence-corrected chi connectivity index (χ3v) is 4.76. The molecular formula is C20H25NO3S. The summed E-state index contributed by atoms with van der Waals surface area (Å²) in [6, 6.07) is 14.6. The highest BCUT2D eigenvalue weighted by Crippen LogP contribution is 2.15. The van der Waals surface area contributed by atoms with Gasteiger partial charge in [-0.05, 0) is 48.2 Å². The molecule has 2 rings (SSSR count). The summed E-state index contributed by atoms with van der Waals surface area (Å²) in [5.41, 5.74) is 3.06. The van der Waals surface area contributed by atoms with Crippen LogP contribution in [-0.4, -0.2) is 20.6 Å². The number of anilines is 1. The minimum atomic E-state index is -3.12. The van der Waals surface area contributed by atoms with Crippen LogP contribution >= 0.6 is 0 Å². The van der Waals surface area contributed by atoms with Gasteiger partial charge in [0.05, 0.1) is 5.75 Å². The lowest BCUT2D eigenvalue weighted by molar-refractivity contribution is 0.102. The van der Waals surface area contributed by atoms with Gasteiger partial charge in [0.1, 0.15) is 0 Å². The second-order valence-corrected chi connectivity index (χ2v) is 8.52. The van der Waals surface area contributed by atoms with E-state index >= 15 is 0 Å². The van der Waals surface area contributed by atoms with Gasteiger partial charge in [0.2, 0.25) is 0 Å². The molecule has 0 spiro atoms. The average Bonchev–Trinajstić information content (AvgIpc) is 2.55. The van der Waals surface area contributed by atoms with Crippen LogP contribution in [0.3, 0.4) is 0 Å². The number of aryl methyl sites for hydroxylation is 1. The van der Waals surface area contributed by atoms with E-state index in [0.717, 1.165) is 12.1 Å². The van der Waals surface area contributed by atoms with E-state index in [2.05, 4.69) is 12.2 Å². The van der Waals surface area contributed by atoms with Crippen LogP contribution in [0.15, 0.2) is 48.5 Å². The molecule has 0 bridgehead atoms. The normalized spacial score (nSPS) is 11.3. The molecule has 0 aliphatic heterocycles. The standard InChI is InChI=1S/C20H25NO3S/c1-3-4-5-7-16-10-12-19(13-11-16)21-20(22)18-9-6-8-17(14-18)15-25(2,23)24/h6,8-14H,3-5,7,15H2,1-2H3,(H,21,22). The zero-order valence-corrected chi connectivity index (χ0v) is 15.6. The summed E-state index contributed by atoms with van der Waals surface area (Å²) < 4.78 is 22.8. The van der Waals surface area contributed by atoms with Crippen LogP contribution < -0.4 is 5.32 Å². The molecule has 0 fully saturated rings. The monoisotopic (exact) mass is 359 g/mol. The molecule has 134 valence electrons. The van der Waals surface area contributed by atoms with Crippen LogP contribution in [0.2, 0.25) is 0 Å². The number of unbranched alkanes of at least 4 members (excludes halogenated alkanes) is 2. The average molecular weight is 359 g/mol. The van der Waals surface area contributed by atoms with Gasteiger partial charge in [0.15, 0.2) is 9.84 Å². The van der Waals surface area contributed by atoms with Crippen molar-refractivity contribution in [2.75, 3.05) is 11.6 Å². The molecule has 0 atom stereocenters. The van der Waals surface area contributed by atoms with Gasteiger partial charge in [-0.2, -0.15) is 0 Å². The van der Waals surface area contributed by atoms with Crippen molar-refractivity contribution in [3.63, 3.8) is 0 Å². The maximum Gasteiger partial charge on any atom is 0.255 e. The zero-order chi connectivity index (χ0) is 18.3. The summed E-state index contributed by atoms with van der Waals surface area (Å²) in [5.74, 6) is -0.310. The van der Waals surface area contributed by atoms with Crippen molar-refractivity contribution in [1.29, 1.82) is 0 Å². The van der Waals surface area contributed by atoms with Gasteiger partial charge in [0.25, 0.3) is 5.91 Å². The van der Waals surface area contributed by atoms with Crippen LogP contribution in [0.1, 0.15) is 47.7 Å². The molecule has 1 N–H and O–H groups in total. The van der Waals surface area contributed by atoms with Gasteiger partial charge in [-0.25, -0.2) is 8.42 Å². The lowest BCUT2D eigenvalue weighted by Crippen LogP contribution is -2.12. The number of carbonyl (C=O) groups excluding carboxylic acids is 1. The van der Waals surface area contributed by atoms with Crippen molar-refractivity contribution in [1.82, 2.24) is 0 Å². The molecular weight excluding hydrogens is 334 g/mol. The first-order valence-electron chi connectivity index (χ1n) is 8.54. The first kappa shape index (κ1) is 19.2. The molecule has 0 saturated heterocycles. The number of carbonyl (C=O) groups is 1. The Morgan fingerprint density at radius 3 is 2.36 bits per heavy atom. The molecule has 2 aromatic carbocycles. The van der Waals surface area contributed by atoms with Gasteiger partial charge in [-0.3, -0.25) is 4.79 Å². The van der Waals surface area contributed by atoms with Gasteiger partial charge < -0.3 is 5.32 Å². The number of nitrogens with one attached hydrogen (secondary N) is 1. The van der Waals surface area contributed by atoms with Crippen molar-refractivity contribution >= 4 is 21.4 Å². The van der Waals surface area contributed by atoms with E-state index in [9.17, 15) is 13.2 Å². The molecule has 0 aliphatic carbocycles. The third-order valence-electron chi connectivity index (χ3n) is 3.90. The largest absolute Gasteiger partial charge is 0.322 e. The van der Waals surface area contributed by atoms with Gasteiger partial charge in [-0.15, -0.1) is 0 Å². The van der Waals surface area contributed by atoms with E-state index in [1.165, 1.54) is 31.1 Å². The Morgan fingerprint density at radius 1 is 1.00 bits per heavy atom. The Bertz CT molecular complexity index is 811. The van der Waals surface area contributed by atoms with Gasteiger partial charge >= 0.3 is 0 Å². The molecule has 0 heterocycles. The molecule has 1 amide bonds. The topological polar surface area (TPSA) is 63.2 Å². The molecule has 5 heteroatoms. The molecule has 0 saturated carbocycles. The fraction of sp³-hybridized carbons (Fsp3) is 0.350. The van der Waals surface area contributed by atoms with Gasteiger partial charge in [-0.1, -0.05) is 44.0 Å². The Kier molecular flexibility index (Phi) is 6.76. The Hall–Kier alpha value is -2.14. The Balaban J connectivity index is 2.01. The smallest absolute Gasteiger partial charge is 0.255 e. The fourth-order valence-electron chi connectivity index (χ4n) is 2.64. The molecule has 0 unspecified atom stereocenters.